The third-order valence-corrected chi connectivity index (χ3v) is 24.7. The Morgan fingerprint density at radius 2 is 1.16 bits per heavy atom. The van der Waals surface area contributed by atoms with Gasteiger partial charge in [0, 0.05) is 75.9 Å². The number of rotatable bonds is 48. The van der Waals surface area contributed by atoms with Crippen LogP contribution < -0.4 is 4.74 Å². The highest BCUT2D eigenvalue weighted by molar-refractivity contribution is 6.39. The molecule has 670 valence electrons. The van der Waals surface area contributed by atoms with Crippen molar-refractivity contribution in [2.24, 2.45) is 29.6 Å². The molecule has 118 heavy (non-hydrogen) atoms. The summed E-state index contributed by atoms with van der Waals surface area (Å²) in [5.74, 6) is -11.3. The van der Waals surface area contributed by atoms with Gasteiger partial charge in [-0.2, -0.15) is 0 Å². The largest absolute Gasteiger partial charge is 0.462 e. The first-order valence-corrected chi connectivity index (χ1v) is 45.7. The van der Waals surface area contributed by atoms with Crippen molar-refractivity contribution in [1.29, 1.82) is 0 Å². The lowest BCUT2D eigenvalue weighted by atomic mass is 9.78. The third-order valence-electron chi connectivity index (χ3n) is 24.7. The van der Waals surface area contributed by atoms with E-state index < -0.39 is 131 Å². The molecular formula is C96H155NO21. The molecule has 1 amide bonds. The summed E-state index contributed by atoms with van der Waals surface area (Å²) in [4.78, 5) is 128. The van der Waals surface area contributed by atoms with Crippen molar-refractivity contribution in [2.75, 3.05) is 41.1 Å². The van der Waals surface area contributed by atoms with Gasteiger partial charge in [-0.05, 0) is 139 Å². The second-order valence-electron chi connectivity index (χ2n) is 35.7. The molecule has 2 bridgehead atoms. The Hall–Kier alpha value is -6.17. The summed E-state index contributed by atoms with van der Waals surface area (Å²) in [6, 6.07) is 2.39. The summed E-state index contributed by atoms with van der Waals surface area (Å²) in [6.07, 6.45) is 32.0. The van der Waals surface area contributed by atoms with Crippen LogP contribution in [0.5, 0.6) is 5.75 Å². The fraction of sp³-hybridized carbons (Fsp3) is 0.781. The topological polar surface area (TPSA) is 290 Å². The molecule has 3 fully saturated rings. The van der Waals surface area contributed by atoms with Crippen LogP contribution in [0.15, 0.2) is 48.1 Å². The number of benzene rings is 1. The summed E-state index contributed by atoms with van der Waals surface area (Å²) < 4.78 is 60.1. The molecule has 22 heteroatoms. The Labute approximate surface area is 708 Å². The molecule has 14 atom stereocenters. The van der Waals surface area contributed by atoms with Gasteiger partial charge in [-0.25, -0.2) is 4.79 Å². The van der Waals surface area contributed by atoms with Crippen molar-refractivity contribution in [3.8, 4) is 5.75 Å². The molecule has 0 aromatic heterocycles. The number of piperidine rings is 1. The van der Waals surface area contributed by atoms with E-state index in [9.17, 15) is 53.4 Å². The fourth-order valence-electron chi connectivity index (χ4n) is 17.9. The minimum atomic E-state index is -2.59. The number of cyclic esters (lactones) is 1. The molecule has 1 unspecified atom stereocenters. The highest BCUT2D eigenvalue weighted by atomic mass is 16.7. The van der Waals surface area contributed by atoms with Crippen LogP contribution in [0.3, 0.4) is 0 Å². The summed E-state index contributed by atoms with van der Waals surface area (Å²) in [7, 11) is 4.57. The zero-order valence-electron chi connectivity index (χ0n) is 75.1. The minimum Gasteiger partial charge on any atom is -0.462 e. The molecule has 2 N–H and O–H groups in total. The van der Waals surface area contributed by atoms with Gasteiger partial charge >= 0.3 is 35.8 Å². The van der Waals surface area contributed by atoms with Gasteiger partial charge in [-0.15, -0.1) is 6.58 Å². The monoisotopic (exact) mass is 1660 g/mol. The third kappa shape index (κ3) is 35.3. The average Bonchev–Trinajstić information content (AvgIpc) is 0.771. The molecule has 2 saturated heterocycles. The van der Waals surface area contributed by atoms with E-state index in [1.807, 2.05) is 59.8 Å². The first-order valence-electron chi connectivity index (χ1n) is 45.7. The molecule has 1 aromatic rings. The van der Waals surface area contributed by atoms with Crippen molar-refractivity contribution in [1.82, 2.24) is 4.90 Å². The van der Waals surface area contributed by atoms with E-state index in [0.717, 1.165) is 60.1 Å². The number of nitrogens with zero attached hydrogens (tertiary/aromatic N) is 1. The molecule has 3 aliphatic heterocycles. The van der Waals surface area contributed by atoms with Crippen LogP contribution in [0.1, 0.15) is 349 Å². The number of unbranched alkanes of at least 4 members (excludes halogenated alkanes) is 24. The van der Waals surface area contributed by atoms with E-state index in [2.05, 4.69) is 20.4 Å². The summed E-state index contributed by atoms with van der Waals surface area (Å²) in [5.41, 5.74) is 2.62. The Morgan fingerprint density at radius 1 is 0.636 bits per heavy atom. The number of methoxy groups -OCH3 is 3. The van der Waals surface area contributed by atoms with Gasteiger partial charge in [-0.3, -0.25) is 38.4 Å². The predicted octanol–water partition coefficient (Wildman–Crippen LogP) is 18.8. The molecule has 4 aliphatic rings. The number of Topliss-reactive ketones (excluding diaryl/α,β-unsaturated/α-hetero) is 2. The zero-order valence-corrected chi connectivity index (χ0v) is 75.1. The lowest BCUT2D eigenvalue weighted by Crippen LogP contribution is -2.64. The molecule has 0 spiro atoms. The van der Waals surface area contributed by atoms with Gasteiger partial charge in [0.1, 0.15) is 49.1 Å². The van der Waals surface area contributed by atoms with E-state index in [1.54, 1.807) is 32.9 Å². The lowest BCUT2D eigenvalue weighted by Gasteiger charge is -2.47. The second-order valence-corrected chi connectivity index (χ2v) is 35.7. The highest BCUT2D eigenvalue weighted by Gasteiger charge is 2.57. The maximum Gasteiger partial charge on any atom is 0.329 e. The number of hydrogen-bond acceptors (Lipinski definition) is 21. The van der Waals surface area contributed by atoms with Crippen molar-refractivity contribution >= 4 is 53.3 Å². The molecule has 22 nitrogen and oxygen atoms in total. The first kappa shape index (κ1) is 102. The smallest absolute Gasteiger partial charge is 0.329 e. The second kappa shape index (κ2) is 55.1. The Bertz CT molecular complexity index is 3260. The number of hydrogen-bond donors (Lipinski definition) is 2. The standard InChI is InChI=1S/C96H155NO21/c1-16-19-21-23-25-27-29-31-33-35-37-39-41-47-84(100)112-64-75(65-113-85(101)48-42-40-38-36-34-32-30-28-26-24-22-20-17-2)114-86(102)51-52-87(103)116-81-57-68(6)55-69(7)89(81)95(11,12)63-88(104)115-79-50-49-73(61-80(79)109-13)59-70(8)90-72(10)77(98)62-78(99)74(45-18-3)56-66(4)54-67(5)58-82(110-14)91-83(111-15)60-71(9)96(108,118-91)92(105)93(106)97-53-44-43-46-76(97)94(107)117-90/h18,55-57,59,67,71-77,79-80,82-83,90-91,98,108H,3,16-17,19-54,58,60-65H2,1-2,4-15H3/b66-56+,70-59+/t67-,71+,72+,73?,74+,76-,77-,79+,80+,82-,83-,90+,91+,96+/m0/s1. The normalized spacial score (nSPS) is 25.8. The average molecular weight is 1660 g/mol. The molecule has 3 heterocycles. The van der Waals surface area contributed by atoms with Crippen LogP contribution in [0.2, 0.25) is 0 Å². The SMILES string of the molecule is C=CC[C@@H]1/C=C(\C)C[C@H](C)C[C@H](OC)[C@H]2O[C@@](O)(C(=O)C(=O)N3CCCC[C@H]3C(=O)O[C@H](/C(C)=C/C3CC[C@@H](OC(=O)CC(C)(C)c4c(C)cc(C)cc4OC(=O)CCC(=O)OC(COC(=O)CCCCCCCCCCCCCCC)COC(=O)CCCCCCCCCCCCCCC)[C@H](OC)C3)[C@H](C)[C@@H](O)CC1=O)[C@H](C)C[C@@H]2OC. The van der Waals surface area contributed by atoms with Crippen LogP contribution in [-0.4, -0.2) is 170 Å². The number of carbonyl (C=O) groups excluding carboxylic acids is 9. The number of amides is 1. The number of ether oxygens (including phenoxy) is 10. The van der Waals surface area contributed by atoms with Gasteiger partial charge in [0.15, 0.2) is 6.10 Å². The molecule has 1 saturated carbocycles. The van der Waals surface area contributed by atoms with Crippen molar-refractivity contribution in [3.63, 3.8) is 0 Å². The Balaban J connectivity index is 1.24. The number of ketones is 2. The van der Waals surface area contributed by atoms with Gasteiger partial charge in [-0.1, -0.05) is 232 Å². The highest BCUT2D eigenvalue weighted by Crippen LogP contribution is 2.42. The van der Waals surface area contributed by atoms with Crippen LogP contribution in [0.4, 0.5) is 0 Å². The predicted molar refractivity (Wildman–Crippen MR) is 457 cm³/mol. The van der Waals surface area contributed by atoms with Crippen LogP contribution >= 0.6 is 0 Å². The molecule has 5 rings (SSSR count). The van der Waals surface area contributed by atoms with Crippen LogP contribution in [0, 0.1) is 43.4 Å². The number of allylic oxidation sites excluding steroid dienone is 4. The maximum atomic E-state index is 14.9. The van der Waals surface area contributed by atoms with Crippen LogP contribution in [-0.2, 0) is 91.2 Å². The summed E-state index contributed by atoms with van der Waals surface area (Å²) in [5, 5.41) is 24.5. The van der Waals surface area contributed by atoms with Crippen LogP contribution in [0.25, 0.3) is 0 Å². The molecular weight excluding hydrogens is 1500 g/mol. The molecule has 1 aromatic carbocycles. The number of aliphatic hydroxyl groups excluding tert-OH is 1. The van der Waals surface area contributed by atoms with Gasteiger partial charge in [0.2, 0.25) is 5.79 Å². The van der Waals surface area contributed by atoms with E-state index >= 15 is 0 Å². The number of fused-ring (bicyclic) bond motifs is 3. The van der Waals surface area contributed by atoms with Crippen molar-refractivity contribution in [3.05, 3.63) is 64.8 Å². The quantitative estimate of drug-likeness (QED) is 0.0153. The minimum absolute atomic E-state index is 0.0151. The number of aliphatic hydroxyl groups is 2. The van der Waals surface area contributed by atoms with E-state index in [1.165, 1.54) is 137 Å². The van der Waals surface area contributed by atoms with Crippen molar-refractivity contribution < 1.29 is 101 Å². The van der Waals surface area contributed by atoms with E-state index in [4.69, 9.17) is 47.4 Å². The summed E-state index contributed by atoms with van der Waals surface area (Å²) in [6.45, 7) is 24.3. The molecule has 1 aliphatic carbocycles. The maximum absolute atomic E-state index is 14.9. The van der Waals surface area contributed by atoms with E-state index in [-0.39, 0.29) is 94.5 Å². The Morgan fingerprint density at radius 3 is 1.69 bits per heavy atom. The Kier molecular flexibility index (Phi) is 47.8. The van der Waals surface area contributed by atoms with Gasteiger partial charge in [0.05, 0.1) is 43.7 Å². The number of aryl methyl sites for hydroxylation is 2. The lowest BCUT2D eigenvalue weighted by molar-refractivity contribution is -0.302. The summed E-state index contributed by atoms with van der Waals surface area (Å²) >= 11 is 0. The number of esters is 6. The zero-order chi connectivity index (χ0) is 86.7. The van der Waals surface area contributed by atoms with Gasteiger partial charge < -0.3 is 62.5 Å². The fourth-order valence-corrected chi connectivity index (χ4v) is 17.9. The first-order chi connectivity index (χ1) is 56.4. The van der Waals surface area contributed by atoms with Crippen molar-refractivity contribution in [2.45, 2.75) is 412 Å². The van der Waals surface area contributed by atoms with Gasteiger partial charge in [0.25, 0.3) is 11.7 Å². The molecule has 0 radical (unpaired) electrons. The van der Waals surface area contributed by atoms with E-state index in [0.29, 0.717) is 75.3 Å². The number of carbonyl (C=O) groups is 9.